The van der Waals surface area contributed by atoms with Crippen molar-refractivity contribution in [3.63, 3.8) is 0 Å². The molecule has 1 N–H and O–H groups in total. The SMILES string of the molecule is CCC(C)[C@H](c1c(F)ccc(Br)c1F)N1CCNCC1.Cl.Cl. The zero-order chi connectivity index (χ0) is 14.7. The molecule has 22 heavy (non-hydrogen) atoms. The highest BCUT2D eigenvalue weighted by Gasteiger charge is 2.31. The summed E-state index contributed by atoms with van der Waals surface area (Å²) in [4.78, 5) is 2.19. The molecule has 0 aromatic heterocycles. The summed E-state index contributed by atoms with van der Waals surface area (Å²) >= 11 is 3.17. The molecule has 2 nitrogen and oxygen atoms in total. The minimum absolute atomic E-state index is 0. The van der Waals surface area contributed by atoms with Gasteiger partial charge < -0.3 is 5.32 Å². The van der Waals surface area contributed by atoms with E-state index in [-0.39, 0.29) is 42.3 Å². The van der Waals surface area contributed by atoms with E-state index in [9.17, 15) is 8.78 Å². The van der Waals surface area contributed by atoms with Crippen LogP contribution in [-0.2, 0) is 0 Å². The lowest BCUT2D eigenvalue weighted by Crippen LogP contribution is -2.47. The second-order valence-corrected chi connectivity index (χ2v) is 6.23. The predicted octanol–water partition coefficient (Wildman–Crippen LogP) is 4.56. The number of benzene rings is 1. The van der Waals surface area contributed by atoms with Crippen LogP contribution in [-0.4, -0.2) is 31.1 Å². The van der Waals surface area contributed by atoms with E-state index in [4.69, 9.17) is 0 Å². The first-order chi connectivity index (χ1) is 9.56. The highest BCUT2D eigenvalue weighted by Crippen LogP contribution is 2.36. The fourth-order valence-electron chi connectivity index (χ4n) is 2.82. The topological polar surface area (TPSA) is 15.3 Å². The molecule has 2 atom stereocenters. The quantitative estimate of drug-likeness (QED) is 0.719. The maximum absolute atomic E-state index is 14.4. The summed E-state index contributed by atoms with van der Waals surface area (Å²) in [5.74, 6) is -0.713. The standard InChI is InChI=1S/C15H21BrF2N2.2ClH/c1-3-10(2)15(20-8-6-19-7-9-20)13-12(17)5-4-11(16)14(13)18;;/h4-5,10,15,19H,3,6-9H2,1-2H3;2*1H/t10?,15-;;/m1../s1. The van der Waals surface area contributed by atoms with Gasteiger partial charge in [0.05, 0.1) is 4.47 Å². The molecular weight excluding hydrogens is 397 g/mol. The zero-order valence-corrected chi connectivity index (χ0v) is 16.0. The Morgan fingerprint density at radius 1 is 1.23 bits per heavy atom. The van der Waals surface area contributed by atoms with Crippen molar-refractivity contribution in [3.8, 4) is 0 Å². The van der Waals surface area contributed by atoms with Crippen LogP contribution >= 0.6 is 40.7 Å². The molecule has 0 radical (unpaired) electrons. The molecule has 1 aliphatic heterocycles. The maximum Gasteiger partial charge on any atom is 0.145 e. The van der Waals surface area contributed by atoms with Gasteiger partial charge >= 0.3 is 0 Å². The van der Waals surface area contributed by atoms with E-state index in [1.54, 1.807) is 0 Å². The molecule has 0 saturated carbocycles. The smallest absolute Gasteiger partial charge is 0.145 e. The molecule has 1 saturated heterocycles. The van der Waals surface area contributed by atoms with E-state index in [1.807, 2.05) is 0 Å². The van der Waals surface area contributed by atoms with Crippen LogP contribution in [0.3, 0.4) is 0 Å². The minimum Gasteiger partial charge on any atom is -0.314 e. The van der Waals surface area contributed by atoms with Crippen molar-refractivity contribution in [2.24, 2.45) is 5.92 Å². The number of rotatable bonds is 4. The average molecular weight is 420 g/mol. The third-order valence-electron chi connectivity index (χ3n) is 4.10. The lowest BCUT2D eigenvalue weighted by Gasteiger charge is -2.38. The molecule has 2 rings (SSSR count). The van der Waals surface area contributed by atoms with Gasteiger partial charge in [-0.3, -0.25) is 4.90 Å². The van der Waals surface area contributed by atoms with Crippen molar-refractivity contribution in [1.82, 2.24) is 10.2 Å². The Balaban J connectivity index is 0.00000220. The van der Waals surface area contributed by atoms with E-state index in [1.165, 1.54) is 12.1 Å². The van der Waals surface area contributed by atoms with Gasteiger partial charge in [0.25, 0.3) is 0 Å². The molecule has 1 aromatic carbocycles. The summed E-state index contributed by atoms with van der Waals surface area (Å²) in [7, 11) is 0. The van der Waals surface area contributed by atoms with Crippen LogP contribution in [0.25, 0.3) is 0 Å². The normalized spacial score (nSPS) is 18.0. The van der Waals surface area contributed by atoms with Gasteiger partial charge in [0.15, 0.2) is 0 Å². The summed E-state index contributed by atoms with van der Waals surface area (Å²) in [5, 5.41) is 3.28. The van der Waals surface area contributed by atoms with Gasteiger partial charge in [0, 0.05) is 37.8 Å². The number of nitrogens with one attached hydrogen (secondary N) is 1. The second-order valence-electron chi connectivity index (χ2n) is 5.37. The van der Waals surface area contributed by atoms with Gasteiger partial charge in [-0.1, -0.05) is 20.3 Å². The van der Waals surface area contributed by atoms with Crippen LogP contribution in [0.15, 0.2) is 16.6 Å². The summed E-state index contributed by atoms with van der Waals surface area (Å²) in [6.45, 7) is 7.50. The third-order valence-corrected chi connectivity index (χ3v) is 4.72. The largest absolute Gasteiger partial charge is 0.314 e. The summed E-state index contributed by atoms with van der Waals surface area (Å²) < 4.78 is 29.0. The highest BCUT2D eigenvalue weighted by molar-refractivity contribution is 9.10. The lowest BCUT2D eigenvalue weighted by atomic mass is 9.90. The van der Waals surface area contributed by atoms with Crippen molar-refractivity contribution in [1.29, 1.82) is 0 Å². The van der Waals surface area contributed by atoms with Crippen molar-refractivity contribution < 1.29 is 8.78 Å². The molecule has 1 unspecified atom stereocenters. The van der Waals surface area contributed by atoms with Gasteiger partial charge in [0.1, 0.15) is 11.6 Å². The van der Waals surface area contributed by atoms with Crippen LogP contribution in [0.4, 0.5) is 8.78 Å². The van der Waals surface area contributed by atoms with E-state index >= 15 is 0 Å². The maximum atomic E-state index is 14.4. The fourth-order valence-corrected chi connectivity index (χ4v) is 3.17. The fraction of sp³-hybridized carbons (Fsp3) is 0.600. The molecule has 7 heteroatoms. The molecule has 1 aliphatic rings. The number of hydrogen-bond acceptors (Lipinski definition) is 2. The molecule has 0 aliphatic carbocycles. The van der Waals surface area contributed by atoms with E-state index in [0.717, 1.165) is 32.6 Å². The minimum atomic E-state index is -0.464. The second kappa shape index (κ2) is 10.0. The van der Waals surface area contributed by atoms with Crippen LogP contribution in [0.1, 0.15) is 31.9 Å². The Labute approximate surface area is 152 Å². The zero-order valence-electron chi connectivity index (χ0n) is 12.7. The Hall–Kier alpha value is 0.0600. The molecule has 1 heterocycles. The average Bonchev–Trinajstić information content (AvgIpc) is 2.48. The van der Waals surface area contributed by atoms with Crippen LogP contribution in [0.2, 0.25) is 0 Å². The summed E-state index contributed by atoms with van der Waals surface area (Å²) in [6, 6.07) is 2.57. The van der Waals surface area contributed by atoms with Crippen LogP contribution in [0.5, 0.6) is 0 Å². The number of nitrogens with zero attached hydrogens (tertiary/aromatic N) is 1. The monoisotopic (exact) mass is 418 g/mol. The van der Waals surface area contributed by atoms with Gasteiger partial charge in [-0.05, 0) is 34.0 Å². The van der Waals surface area contributed by atoms with E-state index < -0.39 is 11.6 Å². The third kappa shape index (κ3) is 4.78. The van der Waals surface area contributed by atoms with E-state index in [0.29, 0.717) is 4.47 Å². The molecule has 128 valence electrons. The number of piperazine rings is 1. The molecule has 1 aromatic rings. The Morgan fingerprint density at radius 3 is 2.36 bits per heavy atom. The first kappa shape index (κ1) is 22.1. The Bertz CT molecular complexity index is 471. The summed E-state index contributed by atoms with van der Waals surface area (Å²) in [6.07, 6.45) is 0.889. The molecular formula is C15H23BrCl2F2N2. The Kier molecular flexibility index (Phi) is 10.1. The number of halogens is 5. The highest BCUT2D eigenvalue weighted by atomic mass is 79.9. The first-order valence-electron chi connectivity index (χ1n) is 7.14. The summed E-state index contributed by atoms with van der Waals surface area (Å²) in [5.41, 5.74) is 0.204. The van der Waals surface area contributed by atoms with Gasteiger partial charge in [-0.25, -0.2) is 8.78 Å². The predicted molar refractivity (Wildman–Crippen MR) is 95.2 cm³/mol. The molecule has 0 amide bonds. The van der Waals surface area contributed by atoms with Crippen molar-refractivity contribution in [2.45, 2.75) is 26.3 Å². The van der Waals surface area contributed by atoms with Gasteiger partial charge in [0.2, 0.25) is 0 Å². The van der Waals surface area contributed by atoms with Crippen LogP contribution in [0, 0.1) is 17.6 Å². The van der Waals surface area contributed by atoms with Crippen LogP contribution < -0.4 is 5.32 Å². The Morgan fingerprint density at radius 2 is 1.82 bits per heavy atom. The number of hydrogen-bond donors (Lipinski definition) is 1. The first-order valence-corrected chi connectivity index (χ1v) is 7.93. The molecule has 0 bridgehead atoms. The molecule has 0 spiro atoms. The van der Waals surface area contributed by atoms with Gasteiger partial charge in [-0.15, -0.1) is 24.8 Å². The van der Waals surface area contributed by atoms with Gasteiger partial charge in [-0.2, -0.15) is 0 Å². The van der Waals surface area contributed by atoms with Crippen molar-refractivity contribution >= 4 is 40.7 Å². The lowest BCUT2D eigenvalue weighted by molar-refractivity contribution is 0.122. The van der Waals surface area contributed by atoms with Crippen molar-refractivity contribution in [3.05, 3.63) is 33.8 Å². The molecule has 1 fully saturated rings. The van der Waals surface area contributed by atoms with E-state index in [2.05, 4.69) is 40.0 Å². The van der Waals surface area contributed by atoms with Crippen molar-refractivity contribution in [2.75, 3.05) is 26.2 Å².